The van der Waals surface area contributed by atoms with Crippen molar-refractivity contribution in [3.8, 4) is 0 Å². The Hall–Kier alpha value is -3.59. The molecule has 0 bridgehead atoms. The molecular formula is C109H231N23O16S2. The monoisotopic (exact) mass is 2180 g/mol. The number of thioether (sulfide) groups is 1. The number of rotatable bonds is 18. The van der Waals surface area contributed by atoms with Crippen LogP contribution in [0.3, 0.4) is 0 Å². The first-order valence-corrected chi connectivity index (χ1v) is 60.5. The third-order valence-electron chi connectivity index (χ3n) is 28.9. The predicted molar refractivity (Wildman–Crippen MR) is 619 cm³/mol. The van der Waals surface area contributed by atoms with Crippen molar-refractivity contribution < 1.29 is 75.4 Å². The zero-order valence-corrected chi connectivity index (χ0v) is 102. The fraction of sp³-hybridized carbons (Fsp3) is 0.954. The van der Waals surface area contributed by atoms with Crippen LogP contribution in [0.5, 0.6) is 0 Å². The van der Waals surface area contributed by atoms with Gasteiger partial charge in [-0.1, -0.05) is 19.3 Å². The minimum atomic E-state index is -2.94. The van der Waals surface area contributed by atoms with E-state index in [-0.39, 0.29) is 47.2 Å². The van der Waals surface area contributed by atoms with E-state index in [0.29, 0.717) is 19.7 Å². The Morgan fingerprint density at radius 2 is 0.647 bits per heavy atom. The van der Waals surface area contributed by atoms with Gasteiger partial charge in [-0.05, 0) is 307 Å². The molecular weight excluding hydrogens is 1950 g/mol. The van der Waals surface area contributed by atoms with Crippen LogP contribution in [0.2, 0.25) is 0 Å². The zero-order chi connectivity index (χ0) is 111. The molecule has 16 rings (SSSR count). The summed E-state index contributed by atoms with van der Waals surface area (Å²) in [5.41, 5.74) is 4.77. The molecule has 16 fully saturated rings. The number of likely N-dealkylation sites (N-methyl/N-ethyl adjacent to an activating group) is 7. The van der Waals surface area contributed by atoms with Gasteiger partial charge in [-0.25, -0.2) is 13.2 Å². The number of hydrogen-bond donors (Lipinski definition) is 4. The molecule has 0 atom stereocenters. The van der Waals surface area contributed by atoms with Crippen molar-refractivity contribution in [2.75, 3.05) is 511 Å². The van der Waals surface area contributed by atoms with Gasteiger partial charge in [0.15, 0.2) is 0 Å². The first-order chi connectivity index (χ1) is 71.7. The summed E-state index contributed by atoms with van der Waals surface area (Å²) in [6, 6.07) is 0. The van der Waals surface area contributed by atoms with Gasteiger partial charge >= 0.3 is 18.0 Å². The molecule has 0 saturated carbocycles. The van der Waals surface area contributed by atoms with E-state index in [0.717, 1.165) is 268 Å². The Morgan fingerprint density at radius 3 is 0.947 bits per heavy atom. The van der Waals surface area contributed by atoms with E-state index in [9.17, 15) is 32.4 Å². The molecule has 41 heteroatoms. The molecule has 16 heterocycles. The summed E-state index contributed by atoms with van der Waals surface area (Å²) in [4.78, 5) is 97.9. The second kappa shape index (κ2) is 93.2. The van der Waals surface area contributed by atoms with Crippen molar-refractivity contribution in [1.29, 1.82) is 0 Å². The molecule has 0 radical (unpaired) electrons. The number of nitrogens with two attached hydrogens (primary N) is 1. The Balaban J connectivity index is 0.000000803. The average Bonchev–Trinajstić information content (AvgIpc) is 0.921. The van der Waals surface area contributed by atoms with Crippen LogP contribution in [-0.2, 0) is 67.1 Å². The number of morpholine rings is 2. The molecule has 150 heavy (non-hydrogen) atoms. The average molecular weight is 2180 g/mol. The van der Waals surface area contributed by atoms with Crippen LogP contribution in [0.25, 0.3) is 0 Å². The number of hydrogen-bond acceptors (Lipinski definition) is 35. The largest absolute Gasteiger partial charge is 0.481 e. The smallest absolute Gasteiger partial charge is 0.410 e. The van der Waals surface area contributed by atoms with E-state index in [2.05, 4.69) is 183 Å². The number of piperidine rings is 6. The van der Waals surface area contributed by atoms with Crippen molar-refractivity contribution in [2.45, 2.75) is 156 Å². The molecule has 0 unspecified atom stereocenters. The lowest BCUT2D eigenvalue weighted by molar-refractivity contribution is -0.149. The van der Waals surface area contributed by atoms with Gasteiger partial charge < -0.3 is 143 Å². The number of carbonyl (C=O) groups excluding carboxylic acids is 4. The first kappa shape index (κ1) is 144. The topological polar surface area (TPSA) is 328 Å². The summed E-state index contributed by atoms with van der Waals surface area (Å²) in [7, 11) is 31.6. The molecule has 0 spiro atoms. The van der Waals surface area contributed by atoms with Crippen molar-refractivity contribution in [1.82, 2.24) is 108 Å². The molecule has 16 aliphatic heterocycles. The number of amides is 3. The van der Waals surface area contributed by atoms with Gasteiger partial charge in [0.25, 0.3) is 0 Å². The highest BCUT2D eigenvalue weighted by Gasteiger charge is 2.29. The molecule has 0 aromatic carbocycles. The van der Waals surface area contributed by atoms with Crippen molar-refractivity contribution >= 4 is 51.6 Å². The number of carboxylic acid groups (broad SMARTS) is 1. The van der Waals surface area contributed by atoms with E-state index < -0.39 is 16.0 Å². The number of esters is 1. The number of aliphatic carboxylic acids is 1. The molecule has 0 aromatic heterocycles. The third kappa shape index (κ3) is 83.7. The molecule has 16 saturated heterocycles. The van der Waals surface area contributed by atoms with Gasteiger partial charge in [0.05, 0.1) is 70.9 Å². The van der Waals surface area contributed by atoms with Crippen LogP contribution in [0, 0.1) is 17.8 Å². The molecule has 0 aromatic rings. The zero-order valence-electron chi connectivity index (χ0n) is 100. The van der Waals surface area contributed by atoms with Crippen LogP contribution < -0.4 is 16.4 Å². The summed E-state index contributed by atoms with van der Waals surface area (Å²) in [5, 5.41) is 15.2. The van der Waals surface area contributed by atoms with Gasteiger partial charge in [-0.15, -0.1) is 0 Å². The summed E-state index contributed by atoms with van der Waals surface area (Å²) in [5.74, 6) is 2.29. The van der Waals surface area contributed by atoms with Crippen LogP contribution in [0.15, 0.2) is 0 Å². The number of sulfonamides is 1. The highest BCUT2D eigenvalue weighted by atomic mass is 32.2. The van der Waals surface area contributed by atoms with Crippen LogP contribution >= 0.6 is 11.8 Å². The van der Waals surface area contributed by atoms with Crippen LogP contribution in [0.4, 0.5) is 4.79 Å². The maximum atomic E-state index is 11.6. The number of piperazine rings is 6. The number of nitrogens with zero attached hydrogens (tertiary/aromatic N) is 20. The highest BCUT2D eigenvalue weighted by Crippen LogP contribution is 2.20. The number of primary amides is 1. The number of ether oxygens (including phenoxy) is 8. The maximum absolute atomic E-state index is 11.6. The Labute approximate surface area is 920 Å². The van der Waals surface area contributed by atoms with E-state index in [4.69, 9.17) is 48.7 Å². The lowest BCUT2D eigenvalue weighted by Crippen LogP contribution is -2.48. The number of carbonyl (C=O) groups is 5. The minimum absolute atomic E-state index is 0.00870. The molecule has 890 valence electrons. The second-order valence-corrected chi connectivity index (χ2v) is 47.0. The third-order valence-corrected chi connectivity index (χ3v) is 31.1. The Bertz CT molecular complexity index is 3010. The lowest BCUT2D eigenvalue weighted by Gasteiger charge is -2.33. The van der Waals surface area contributed by atoms with Gasteiger partial charge in [-0.3, -0.25) is 29.0 Å². The van der Waals surface area contributed by atoms with Gasteiger partial charge in [0, 0.05) is 282 Å². The van der Waals surface area contributed by atoms with E-state index in [1.165, 1.54) is 223 Å². The molecule has 0 aliphatic carbocycles. The SMILES string of the molecule is CC(=O)N1CCN(C)CC1.CCOC(=O)C1CCN(C)CC1.CN1CCC(C(=O)O)CC1.CN1CCC(C(N)=O)CC1.CN1CCCC1.CN1CCCCC1.CN1CCN(C(=O)OC(C)(C)C)CC1.CN1CCN(C)CC1.CN1CCN(S(C)(=O)=O)CC1.CN1CCNCC1.CN1CCOCC1.CN1CCSCC1.COCCCN1CCCCC1.COCCN1CCCCC1.COCCN1CCNCC1.COCCN1CCOCC1. The second-order valence-electron chi connectivity index (χ2n) is 43.8. The number of carboxylic acids is 1. The normalized spacial score (nSPS) is 22.6. The van der Waals surface area contributed by atoms with E-state index in [1.54, 1.807) is 40.3 Å². The maximum Gasteiger partial charge on any atom is 0.410 e. The van der Waals surface area contributed by atoms with Crippen molar-refractivity contribution in [2.24, 2.45) is 23.5 Å². The van der Waals surface area contributed by atoms with Gasteiger partial charge in [-0.2, -0.15) is 16.1 Å². The number of nitrogens with one attached hydrogen (secondary N) is 2. The number of methoxy groups -OCH3 is 4. The summed E-state index contributed by atoms with van der Waals surface area (Å²) in [6.45, 7) is 68.9. The van der Waals surface area contributed by atoms with Crippen molar-refractivity contribution in [3.63, 3.8) is 0 Å². The molecule has 39 nitrogen and oxygen atoms in total. The fourth-order valence-corrected chi connectivity index (χ4v) is 19.7. The summed E-state index contributed by atoms with van der Waals surface area (Å²) < 4.78 is 64.0. The van der Waals surface area contributed by atoms with Crippen LogP contribution in [0.1, 0.15) is 150 Å². The molecule has 3 amide bonds. The first-order valence-electron chi connectivity index (χ1n) is 57.5. The Morgan fingerprint density at radius 1 is 0.353 bits per heavy atom. The van der Waals surface area contributed by atoms with Crippen molar-refractivity contribution in [3.05, 3.63) is 0 Å². The van der Waals surface area contributed by atoms with Gasteiger partial charge in [0.2, 0.25) is 21.8 Å². The van der Waals surface area contributed by atoms with Gasteiger partial charge in [0.1, 0.15) is 5.60 Å². The lowest BCUT2D eigenvalue weighted by atomic mass is 9.97. The minimum Gasteiger partial charge on any atom is -0.481 e. The van der Waals surface area contributed by atoms with E-state index >= 15 is 0 Å². The standard InChI is InChI=1S/C10H20N2O2.C9H17NO2.C9H19NO.C8H17NO.C7H14N2O.C7H16N2O.C7H14N2O.C7H15NO2.C7H13NO2.C6H14N2O2S.C6H14N2.C6H13N.C5H12N2.C5H11NO.C5H11NS.C5H11N/c1-10(2,3)14-9(13)12-7-5-11(4)6-8-12;1-3-12-9(11)8-4-6-10(2)7-5-8;1-11-9-5-8-10-6-3-2-4-7-10;1-10-8-7-9-5-3-2-4-6-9;1-7(10)9-5-3-8(2)4-6-9;1-10-7-6-9-4-2-8-3-5-9;1-9-4-2-6(3-5-9)7(8)10;1-9-5-2-8-3-6-10-7-4-8;1-8-4-2-6(3-5-8)7(9)10;1-7-3-5-8(6-4-7)11(2,9)10;1-7-3-5-8(2)6-4-7;1-7-5-3-2-4-6-7;1-7-4-2-6-3-5-7;2*1-6-2-4-7-5-3-6;1-6-4-2-3-5-6/h5-8H2,1-4H3;8H,3-7H2,1-2H3;2-9H2,1H3;2-8H2,1H3;3-6H2,1-2H3;8H,2-7H2,1H3;6H,2-5H2,1H3,(H2,8,10);2-7H2,1H3;6H,2-5H2,1H3,(H,9,10);3-6H2,1-2H3;3-6H2,1-2H3;2-6H2,1H3;6H,2-5H2,1H3;2*2-5H2,1H3;2-5H2,1H3. The molecule has 16 aliphatic rings. The predicted octanol–water partition coefficient (Wildman–Crippen LogP) is 5.20. The fourth-order valence-electron chi connectivity index (χ4n) is 17.7. The van der Waals surface area contributed by atoms with E-state index in [1.807, 2.05) is 46.7 Å². The number of likely N-dealkylation sites (tertiary alicyclic amines) is 7. The summed E-state index contributed by atoms with van der Waals surface area (Å²) in [6.07, 6.45) is 23.2. The molecule has 5 N–H and O–H groups in total. The highest BCUT2D eigenvalue weighted by molar-refractivity contribution is 7.99. The van der Waals surface area contributed by atoms with Crippen LogP contribution in [-0.4, -0.2) is 658 Å². The quantitative estimate of drug-likeness (QED) is 0.101. The Kier molecular flexibility index (Phi) is 89.7. The summed E-state index contributed by atoms with van der Waals surface area (Å²) >= 11 is 2.06.